The van der Waals surface area contributed by atoms with Crippen molar-refractivity contribution in [3.05, 3.63) is 28.4 Å². The number of amides is 1. The van der Waals surface area contributed by atoms with Crippen molar-refractivity contribution in [3.8, 4) is 0 Å². The molecule has 8 heteroatoms. The molecule has 1 fully saturated rings. The van der Waals surface area contributed by atoms with Gasteiger partial charge in [0.25, 0.3) is 11.5 Å². The molecule has 1 atom stereocenters. The maximum absolute atomic E-state index is 11.7. The molecule has 1 aromatic heterocycles. The molecule has 17 heavy (non-hydrogen) atoms. The lowest BCUT2D eigenvalue weighted by molar-refractivity contribution is 0.0939. The van der Waals surface area contributed by atoms with Crippen molar-refractivity contribution in [1.29, 1.82) is 0 Å². The van der Waals surface area contributed by atoms with Crippen molar-refractivity contribution in [2.45, 2.75) is 12.5 Å². The molecular weight excluding hydrogens is 246 g/mol. The van der Waals surface area contributed by atoms with Crippen molar-refractivity contribution >= 4 is 15.7 Å². The first kappa shape index (κ1) is 11.8. The van der Waals surface area contributed by atoms with Crippen LogP contribution in [-0.2, 0) is 9.84 Å². The third kappa shape index (κ3) is 2.70. The molecule has 2 N–H and O–H groups in total. The van der Waals surface area contributed by atoms with Crippen LogP contribution in [0.3, 0.4) is 0 Å². The lowest BCUT2D eigenvalue weighted by atomic mass is 10.2. The highest BCUT2D eigenvalue weighted by atomic mass is 32.2. The third-order valence-electron chi connectivity index (χ3n) is 2.53. The van der Waals surface area contributed by atoms with Crippen LogP contribution < -0.4 is 10.9 Å². The number of nitrogens with one attached hydrogen (secondary N) is 2. The van der Waals surface area contributed by atoms with Gasteiger partial charge in [0.1, 0.15) is 5.56 Å². The van der Waals surface area contributed by atoms with Gasteiger partial charge in [0.2, 0.25) is 0 Å². The van der Waals surface area contributed by atoms with E-state index in [2.05, 4.69) is 15.3 Å². The lowest BCUT2D eigenvalue weighted by Crippen LogP contribution is -2.38. The number of aromatic amines is 1. The van der Waals surface area contributed by atoms with Gasteiger partial charge < -0.3 is 10.3 Å². The summed E-state index contributed by atoms with van der Waals surface area (Å²) in [5.41, 5.74) is -0.657. The molecule has 2 rings (SSSR count). The van der Waals surface area contributed by atoms with E-state index in [0.717, 1.165) is 6.20 Å². The van der Waals surface area contributed by atoms with Crippen LogP contribution in [0.4, 0.5) is 0 Å². The summed E-state index contributed by atoms with van der Waals surface area (Å²) in [4.78, 5) is 28.9. The molecule has 1 aliphatic rings. The van der Waals surface area contributed by atoms with E-state index in [1.54, 1.807) is 0 Å². The van der Waals surface area contributed by atoms with Crippen LogP contribution >= 0.6 is 0 Å². The molecule has 0 bridgehead atoms. The first-order chi connectivity index (χ1) is 7.98. The van der Waals surface area contributed by atoms with Crippen LogP contribution in [0.5, 0.6) is 0 Å². The number of nitrogens with zero attached hydrogens (tertiary/aromatic N) is 1. The summed E-state index contributed by atoms with van der Waals surface area (Å²) in [6.07, 6.45) is 2.71. The van der Waals surface area contributed by atoms with Gasteiger partial charge in [-0.25, -0.2) is 13.4 Å². The molecule has 2 heterocycles. The van der Waals surface area contributed by atoms with Crippen molar-refractivity contribution in [1.82, 2.24) is 15.3 Å². The SMILES string of the molecule is O=C(NC1CCS(=O)(=O)C1)c1cnc[nH]c1=O. The van der Waals surface area contributed by atoms with Gasteiger partial charge in [-0.3, -0.25) is 9.59 Å². The van der Waals surface area contributed by atoms with E-state index in [9.17, 15) is 18.0 Å². The molecule has 1 unspecified atom stereocenters. The predicted octanol–water partition coefficient (Wildman–Crippen LogP) is -1.31. The minimum absolute atomic E-state index is 0.0708. The van der Waals surface area contributed by atoms with Gasteiger partial charge in [-0.2, -0.15) is 0 Å². The molecule has 0 saturated carbocycles. The third-order valence-corrected chi connectivity index (χ3v) is 4.30. The molecule has 0 aromatic carbocycles. The van der Waals surface area contributed by atoms with E-state index in [4.69, 9.17) is 0 Å². The van der Waals surface area contributed by atoms with Crippen molar-refractivity contribution in [2.24, 2.45) is 0 Å². The van der Waals surface area contributed by atoms with Gasteiger partial charge in [-0.1, -0.05) is 0 Å². The van der Waals surface area contributed by atoms with Gasteiger partial charge in [-0.15, -0.1) is 0 Å². The minimum Gasteiger partial charge on any atom is -0.348 e. The van der Waals surface area contributed by atoms with E-state index >= 15 is 0 Å². The number of carbonyl (C=O) groups is 1. The summed E-state index contributed by atoms with van der Waals surface area (Å²) in [5, 5.41) is 2.51. The maximum Gasteiger partial charge on any atom is 0.263 e. The van der Waals surface area contributed by atoms with E-state index in [1.807, 2.05) is 0 Å². The second kappa shape index (κ2) is 4.28. The number of hydrogen-bond donors (Lipinski definition) is 2. The summed E-state index contributed by atoms with van der Waals surface area (Å²) in [6.45, 7) is 0. The van der Waals surface area contributed by atoms with Crippen molar-refractivity contribution in [3.63, 3.8) is 0 Å². The fraction of sp³-hybridized carbons (Fsp3) is 0.444. The smallest absolute Gasteiger partial charge is 0.263 e. The Morgan fingerprint density at radius 3 is 2.88 bits per heavy atom. The Hall–Kier alpha value is -1.70. The van der Waals surface area contributed by atoms with Crippen molar-refractivity contribution in [2.75, 3.05) is 11.5 Å². The second-order valence-electron chi connectivity index (χ2n) is 3.87. The molecule has 0 spiro atoms. The predicted molar refractivity (Wildman–Crippen MR) is 59.4 cm³/mol. The second-order valence-corrected chi connectivity index (χ2v) is 6.10. The molecule has 1 aromatic rings. The standard InChI is InChI=1S/C9H11N3O4S/c13-8-7(3-10-5-11-8)9(14)12-6-1-2-17(15,16)4-6/h3,5-6H,1-2,4H2,(H,12,14)(H,10,11,13). The Bertz CT molecular complexity index is 592. The molecule has 1 amide bonds. The number of rotatable bonds is 2. The quantitative estimate of drug-likeness (QED) is 0.683. The summed E-state index contributed by atoms with van der Waals surface area (Å²) < 4.78 is 22.4. The Balaban J connectivity index is 2.09. The lowest BCUT2D eigenvalue weighted by Gasteiger charge is -2.09. The van der Waals surface area contributed by atoms with Gasteiger partial charge in [0, 0.05) is 12.2 Å². The molecule has 1 saturated heterocycles. The molecule has 7 nitrogen and oxygen atoms in total. The highest BCUT2D eigenvalue weighted by Crippen LogP contribution is 2.11. The van der Waals surface area contributed by atoms with Crippen LogP contribution in [0.2, 0.25) is 0 Å². The normalized spacial score (nSPS) is 22.2. The first-order valence-corrected chi connectivity index (χ1v) is 6.84. The first-order valence-electron chi connectivity index (χ1n) is 5.02. The summed E-state index contributed by atoms with van der Waals surface area (Å²) in [5.74, 6) is -0.598. The fourth-order valence-corrected chi connectivity index (χ4v) is 3.35. The number of carbonyl (C=O) groups excluding carboxylic acids is 1. The average molecular weight is 257 g/mol. The van der Waals surface area contributed by atoms with E-state index in [1.165, 1.54) is 6.33 Å². The Labute approximate surface area is 97.2 Å². The van der Waals surface area contributed by atoms with Crippen LogP contribution in [0.15, 0.2) is 17.3 Å². The summed E-state index contributed by atoms with van der Waals surface area (Å²) >= 11 is 0. The fourth-order valence-electron chi connectivity index (χ4n) is 1.68. The van der Waals surface area contributed by atoms with Crippen LogP contribution in [0.1, 0.15) is 16.8 Å². The Morgan fingerprint density at radius 2 is 2.29 bits per heavy atom. The zero-order chi connectivity index (χ0) is 12.5. The van der Waals surface area contributed by atoms with Crippen LogP contribution in [0, 0.1) is 0 Å². The zero-order valence-electron chi connectivity index (χ0n) is 8.84. The Kier molecular flexibility index (Phi) is 2.97. The van der Waals surface area contributed by atoms with E-state index in [0.29, 0.717) is 6.42 Å². The van der Waals surface area contributed by atoms with E-state index in [-0.39, 0.29) is 17.1 Å². The maximum atomic E-state index is 11.7. The number of H-pyrrole nitrogens is 1. The number of hydrogen-bond acceptors (Lipinski definition) is 5. The minimum atomic E-state index is -3.05. The van der Waals surface area contributed by atoms with Crippen LogP contribution in [0.25, 0.3) is 0 Å². The molecular formula is C9H11N3O4S. The highest BCUT2D eigenvalue weighted by molar-refractivity contribution is 7.91. The van der Waals surface area contributed by atoms with Gasteiger partial charge in [-0.05, 0) is 6.42 Å². The monoisotopic (exact) mass is 257 g/mol. The molecule has 1 aliphatic heterocycles. The molecule has 0 radical (unpaired) electrons. The van der Waals surface area contributed by atoms with E-state index < -0.39 is 27.3 Å². The number of aromatic nitrogens is 2. The zero-order valence-corrected chi connectivity index (χ0v) is 9.66. The van der Waals surface area contributed by atoms with Crippen LogP contribution in [-0.4, -0.2) is 41.8 Å². The van der Waals surface area contributed by atoms with Crippen molar-refractivity contribution < 1.29 is 13.2 Å². The highest BCUT2D eigenvalue weighted by Gasteiger charge is 2.29. The molecule has 0 aliphatic carbocycles. The van der Waals surface area contributed by atoms with Gasteiger partial charge in [0.05, 0.1) is 17.8 Å². The Morgan fingerprint density at radius 1 is 1.53 bits per heavy atom. The average Bonchev–Trinajstić information content (AvgIpc) is 2.58. The topological polar surface area (TPSA) is 109 Å². The number of sulfone groups is 1. The largest absolute Gasteiger partial charge is 0.348 e. The summed E-state index contributed by atoms with van der Waals surface area (Å²) in [7, 11) is -3.05. The summed E-state index contributed by atoms with van der Waals surface area (Å²) in [6, 6.07) is -0.424. The molecule has 92 valence electrons. The van der Waals surface area contributed by atoms with Gasteiger partial charge >= 0.3 is 0 Å². The van der Waals surface area contributed by atoms with Gasteiger partial charge in [0.15, 0.2) is 9.84 Å².